The summed E-state index contributed by atoms with van der Waals surface area (Å²) in [6.07, 6.45) is 0.234. The molecule has 2 aromatic carbocycles. The Kier molecular flexibility index (Phi) is 4.74. The number of benzene rings is 2. The molecule has 0 bridgehead atoms. The van der Waals surface area contributed by atoms with Gasteiger partial charge in [-0.1, -0.05) is 35.9 Å². The van der Waals surface area contributed by atoms with Crippen molar-refractivity contribution in [1.29, 1.82) is 0 Å². The van der Waals surface area contributed by atoms with E-state index < -0.39 is 0 Å². The van der Waals surface area contributed by atoms with Crippen LogP contribution in [0.2, 0.25) is 5.02 Å². The van der Waals surface area contributed by atoms with E-state index in [2.05, 4.69) is 5.32 Å². The first kappa shape index (κ1) is 14.5. The molecule has 0 radical (unpaired) electrons. The first-order chi connectivity index (χ1) is 9.54. The largest absolute Gasteiger partial charge is 0.349 e. The maximum absolute atomic E-state index is 12.8. The molecule has 2 nitrogen and oxygen atoms in total. The van der Waals surface area contributed by atoms with Crippen molar-refractivity contribution in [2.45, 2.75) is 19.4 Å². The predicted molar refractivity (Wildman–Crippen MR) is 78.1 cm³/mol. The Morgan fingerprint density at radius 3 is 2.35 bits per heavy atom. The molecule has 0 fully saturated rings. The van der Waals surface area contributed by atoms with Gasteiger partial charge in [0.1, 0.15) is 5.82 Å². The monoisotopic (exact) mass is 291 g/mol. The molecule has 2 rings (SSSR count). The molecule has 4 heteroatoms. The van der Waals surface area contributed by atoms with Gasteiger partial charge in [0.05, 0.1) is 12.5 Å². The Morgan fingerprint density at radius 1 is 1.15 bits per heavy atom. The summed E-state index contributed by atoms with van der Waals surface area (Å²) in [5.41, 5.74) is 1.77. The highest BCUT2D eigenvalue weighted by molar-refractivity contribution is 6.30. The van der Waals surface area contributed by atoms with Gasteiger partial charge in [0.2, 0.25) is 5.91 Å². The zero-order valence-electron chi connectivity index (χ0n) is 11.1. The van der Waals surface area contributed by atoms with Gasteiger partial charge in [-0.2, -0.15) is 0 Å². The molecule has 0 saturated carbocycles. The number of rotatable bonds is 4. The van der Waals surface area contributed by atoms with Crippen molar-refractivity contribution in [3.8, 4) is 0 Å². The van der Waals surface area contributed by atoms with E-state index in [4.69, 9.17) is 11.6 Å². The Balaban J connectivity index is 1.93. The maximum atomic E-state index is 12.8. The summed E-state index contributed by atoms with van der Waals surface area (Å²) in [5, 5.41) is 3.57. The van der Waals surface area contributed by atoms with E-state index in [0.717, 1.165) is 11.1 Å². The highest BCUT2D eigenvalue weighted by atomic mass is 35.5. The number of halogens is 2. The van der Waals surface area contributed by atoms with E-state index >= 15 is 0 Å². The van der Waals surface area contributed by atoms with Crippen LogP contribution in [0, 0.1) is 5.82 Å². The van der Waals surface area contributed by atoms with Gasteiger partial charge in [-0.25, -0.2) is 4.39 Å². The van der Waals surface area contributed by atoms with Crippen LogP contribution in [0.25, 0.3) is 0 Å². The van der Waals surface area contributed by atoms with Crippen LogP contribution in [-0.4, -0.2) is 5.91 Å². The Labute approximate surface area is 122 Å². The van der Waals surface area contributed by atoms with Gasteiger partial charge in [0, 0.05) is 5.02 Å². The van der Waals surface area contributed by atoms with Crippen molar-refractivity contribution in [2.75, 3.05) is 0 Å². The molecule has 1 amide bonds. The molecule has 0 saturated heterocycles. The lowest BCUT2D eigenvalue weighted by atomic mass is 10.1. The third-order valence-corrected chi connectivity index (χ3v) is 3.28. The van der Waals surface area contributed by atoms with Crippen LogP contribution in [0.15, 0.2) is 48.5 Å². The standard InChI is InChI=1S/C16H15ClFNO/c1-11(13-4-6-14(17)7-5-13)19-16(20)10-12-2-8-15(18)9-3-12/h2-9,11H,10H2,1H3,(H,19,20). The fraction of sp³-hybridized carbons (Fsp3) is 0.188. The summed E-state index contributed by atoms with van der Waals surface area (Å²) in [4.78, 5) is 11.9. The van der Waals surface area contributed by atoms with Crippen molar-refractivity contribution in [2.24, 2.45) is 0 Å². The molecule has 1 unspecified atom stereocenters. The van der Waals surface area contributed by atoms with Gasteiger partial charge in [-0.3, -0.25) is 4.79 Å². The molecular weight excluding hydrogens is 277 g/mol. The van der Waals surface area contributed by atoms with Crippen molar-refractivity contribution in [3.63, 3.8) is 0 Å². The van der Waals surface area contributed by atoms with Crippen molar-refractivity contribution in [3.05, 3.63) is 70.5 Å². The summed E-state index contributed by atoms with van der Waals surface area (Å²) >= 11 is 5.82. The second-order valence-corrected chi connectivity index (χ2v) is 5.08. The molecule has 1 atom stereocenters. The molecule has 0 spiro atoms. The number of hydrogen-bond donors (Lipinski definition) is 1. The minimum atomic E-state index is -0.302. The number of nitrogens with one attached hydrogen (secondary N) is 1. The fourth-order valence-corrected chi connectivity index (χ4v) is 2.04. The highest BCUT2D eigenvalue weighted by Gasteiger charge is 2.10. The van der Waals surface area contributed by atoms with Gasteiger partial charge in [0.15, 0.2) is 0 Å². The summed E-state index contributed by atoms with van der Waals surface area (Å²) in [6.45, 7) is 1.91. The van der Waals surface area contributed by atoms with E-state index in [1.165, 1.54) is 12.1 Å². The number of amides is 1. The first-order valence-electron chi connectivity index (χ1n) is 6.34. The Bertz CT molecular complexity index is 580. The van der Waals surface area contributed by atoms with Crippen LogP contribution < -0.4 is 5.32 Å². The van der Waals surface area contributed by atoms with Gasteiger partial charge >= 0.3 is 0 Å². The number of carbonyl (C=O) groups is 1. The third kappa shape index (κ3) is 4.07. The van der Waals surface area contributed by atoms with E-state index in [1.54, 1.807) is 24.3 Å². The lowest BCUT2D eigenvalue weighted by molar-refractivity contribution is -0.121. The summed E-state index contributed by atoms with van der Waals surface area (Å²) in [6, 6.07) is 13.2. The quantitative estimate of drug-likeness (QED) is 0.909. The van der Waals surface area contributed by atoms with Crippen LogP contribution in [-0.2, 0) is 11.2 Å². The lowest BCUT2D eigenvalue weighted by Gasteiger charge is -2.14. The van der Waals surface area contributed by atoms with Gasteiger partial charge in [-0.05, 0) is 42.3 Å². The zero-order valence-corrected chi connectivity index (χ0v) is 11.8. The minimum absolute atomic E-state index is 0.0970. The average Bonchev–Trinajstić information content (AvgIpc) is 2.42. The Hall–Kier alpha value is -1.87. The van der Waals surface area contributed by atoms with Crippen LogP contribution in [0.1, 0.15) is 24.1 Å². The second kappa shape index (κ2) is 6.53. The van der Waals surface area contributed by atoms with Gasteiger partial charge in [0.25, 0.3) is 0 Å². The lowest BCUT2D eigenvalue weighted by Crippen LogP contribution is -2.28. The summed E-state index contributed by atoms with van der Waals surface area (Å²) in [7, 11) is 0. The first-order valence-corrected chi connectivity index (χ1v) is 6.71. The van der Waals surface area contributed by atoms with Gasteiger partial charge < -0.3 is 5.32 Å². The molecule has 104 valence electrons. The van der Waals surface area contributed by atoms with E-state index in [-0.39, 0.29) is 24.2 Å². The van der Waals surface area contributed by atoms with Crippen molar-refractivity contribution in [1.82, 2.24) is 5.32 Å². The van der Waals surface area contributed by atoms with E-state index in [9.17, 15) is 9.18 Å². The fourth-order valence-electron chi connectivity index (χ4n) is 1.91. The van der Waals surface area contributed by atoms with E-state index in [1.807, 2.05) is 19.1 Å². The van der Waals surface area contributed by atoms with Gasteiger partial charge in [-0.15, -0.1) is 0 Å². The van der Waals surface area contributed by atoms with Crippen molar-refractivity contribution < 1.29 is 9.18 Å². The molecule has 0 aliphatic heterocycles. The van der Waals surface area contributed by atoms with Crippen LogP contribution in [0.5, 0.6) is 0 Å². The zero-order chi connectivity index (χ0) is 14.5. The molecule has 1 N–H and O–H groups in total. The molecule has 0 aromatic heterocycles. The molecule has 0 aliphatic carbocycles. The predicted octanol–water partition coefficient (Wildman–Crippen LogP) is 3.90. The average molecular weight is 292 g/mol. The summed E-state index contributed by atoms with van der Waals surface area (Å²) in [5.74, 6) is -0.400. The SMILES string of the molecule is CC(NC(=O)Cc1ccc(F)cc1)c1ccc(Cl)cc1. The summed E-state index contributed by atoms with van der Waals surface area (Å²) < 4.78 is 12.8. The smallest absolute Gasteiger partial charge is 0.224 e. The normalized spacial score (nSPS) is 11.9. The molecule has 0 aliphatic rings. The minimum Gasteiger partial charge on any atom is -0.349 e. The second-order valence-electron chi connectivity index (χ2n) is 4.64. The topological polar surface area (TPSA) is 29.1 Å². The molecule has 2 aromatic rings. The molecule has 0 heterocycles. The molecule has 20 heavy (non-hydrogen) atoms. The maximum Gasteiger partial charge on any atom is 0.224 e. The van der Waals surface area contributed by atoms with Crippen LogP contribution in [0.4, 0.5) is 4.39 Å². The number of carbonyl (C=O) groups excluding carboxylic acids is 1. The third-order valence-electron chi connectivity index (χ3n) is 3.03. The Morgan fingerprint density at radius 2 is 1.75 bits per heavy atom. The van der Waals surface area contributed by atoms with Crippen LogP contribution in [0.3, 0.4) is 0 Å². The van der Waals surface area contributed by atoms with Crippen LogP contribution >= 0.6 is 11.6 Å². The molecular formula is C16H15ClFNO. The highest BCUT2D eigenvalue weighted by Crippen LogP contribution is 2.16. The number of hydrogen-bond acceptors (Lipinski definition) is 1. The van der Waals surface area contributed by atoms with E-state index in [0.29, 0.717) is 5.02 Å². The van der Waals surface area contributed by atoms with Crippen molar-refractivity contribution >= 4 is 17.5 Å².